The number of benzene rings is 1. The lowest BCUT2D eigenvalue weighted by Gasteiger charge is -2.32. The van der Waals surface area contributed by atoms with Crippen LogP contribution in [-0.2, 0) is 4.74 Å². The van der Waals surface area contributed by atoms with Gasteiger partial charge in [0.05, 0.1) is 19.8 Å². The van der Waals surface area contributed by atoms with Crippen LogP contribution in [0, 0.1) is 12.8 Å². The van der Waals surface area contributed by atoms with Gasteiger partial charge in [-0.15, -0.1) is 0 Å². The number of anilines is 2. The molecule has 0 aliphatic carbocycles. The fraction of sp³-hybridized carbons (Fsp3) is 0.647. The van der Waals surface area contributed by atoms with Gasteiger partial charge in [-0.1, -0.05) is 12.8 Å². The molecule has 0 radical (unpaired) electrons. The minimum atomic E-state index is 0.105. The maximum atomic E-state index is 8.84. The predicted molar refractivity (Wildman–Crippen MR) is 87.7 cm³/mol. The molecule has 1 atom stereocenters. The normalized spacial score (nSPS) is 20.1. The van der Waals surface area contributed by atoms with Crippen LogP contribution < -0.4 is 10.6 Å². The average molecular weight is 292 g/mol. The van der Waals surface area contributed by atoms with Crippen molar-refractivity contribution in [2.24, 2.45) is 5.92 Å². The number of ether oxygens (including phenoxy) is 1. The van der Waals surface area contributed by atoms with E-state index in [1.54, 1.807) is 0 Å². The van der Waals surface area contributed by atoms with E-state index in [4.69, 9.17) is 15.6 Å². The second kappa shape index (κ2) is 8.25. The molecule has 2 rings (SSSR count). The predicted octanol–water partition coefficient (Wildman–Crippen LogP) is 2.58. The van der Waals surface area contributed by atoms with Gasteiger partial charge < -0.3 is 20.5 Å². The number of nitrogen functional groups attached to an aromatic ring is 1. The average Bonchev–Trinajstić information content (AvgIpc) is 2.44. The Labute approximate surface area is 127 Å². The van der Waals surface area contributed by atoms with Crippen molar-refractivity contribution >= 4 is 11.4 Å². The minimum absolute atomic E-state index is 0.105. The van der Waals surface area contributed by atoms with Gasteiger partial charge in [0.25, 0.3) is 0 Å². The molecule has 1 aromatic carbocycles. The topological polar surface area (TPSA) is 58.7 Å². The third kappa shape index (κ3) is 4.90. The van der Waals surface area contributed by atoms with E-state index in [1.165, 1.54) is 31.4 Å². The Kier molecular flexibility index (Phi) is 6.33. The number of nitrogens with zero attached hydrogens (tertiary/aromatic N) is 1. The molecule has 0 aromatic heterocycles. The first-order valence-electron chi connectivity index (χ1n) is 8.00. The molecule has 0 amide bonds. The van der Waals surface area contributed by atoms with Crippen LogP contribution in [0.2, 0.25) is 0 Å². The lowest BCUT2D eigenvalue weighted by Crippen LogP contribution is -2.34. The summed E-state index contributed by atoms with van der Waals surface area (Å²) in [4.78, 5) is 2.46. The largest absolute Gasteiger partial charge is 0.399 e. The molecule has 1 heterocycles. The maximum absolute atomic E-state index is 8.84. The van der Waals surface area contributed by atoms with Crippen LogP contribution in [0.4, 0.5) is 11.4 Å². The summed E-state index contributed by atoms with van der Waals surface area (Å²) in [5.41, 5.74) is 9.18. The van der Waals surface area contributed by atoms with Crippen molar-refractivity contribution in [3.63, 3.8) is 0 Å². The van der Waals surface area contributed by atoms with E-state index in [0.717, 1.165) is 30.9 Å². The summed E-state index contributed by atoms with van der Waals surface area (Å²) in [5.74, 6) is 0.537. The van der Waals surface area contributed by atoms with E-state index in [-0.39, 0.29) is 6.61 Å². The summed E-state index contributed by atoms with van der Waals surface area (Å²) in [6.07, 6.45) is 5.01. The molecule has 0 saturated carbocycles. The Morgan fingerprint density at radius 3 is 2.95 bits per heavy atom. The molecular formula is C17H28N2O2. The summed E-state index contributed by atoms with van der Waals surface area (Å²) in [5, 5.41) is 8.84. The summed E-state index contributed by atoms with van der Waals surface area (Å²) in [6, 6.07) is 6.30. The van der Waals surface area contributed by atoms with Gasteiger partial charge in [-0.05, 0) is 49.4 Å². The first-order chi connectivity index (χ1) is 10.2. The number of hydrogen-bond donors (Lipinski definition) is 2. The van der Waals surface area contributed by atoms with Crippen LogP contribution in [0.5, 0.6) is 0 Å². The monoisotopic (exact) mass is 292 g/mol. The Morgan fingerprint density at radius 2 is 2.19 bits per heavy atom. The van der Waals surface area contributed by atoms with Crippen LogP contribution in [0.25, 0.3) is 0 Å². The third-order valence-electron chi connectivity index (χ3n) is 4.23. The molecule has 1 aromatic rings. The number of aliphatic hydroxyl groups excluding tert-OH is 1. The highest BCUT2D eigenvalue weighted by atomic mass is 16.5. The van der Waals surface area contributed by atoms with Crippen molar-refractivity contribution in [3.8, 4) is 0 Å². The zero-order chi connectivity index (χ0) is 15.1. The number of nitrogens with two attached hydrogens (primary N) is 1. The van der Waals surface area contributed by atoms with Gasteiger partial charge in [0.2, 0.25) is 0 Å². The van der Waals surface area contributed by atoms with Gasteiger partial charge in [-0.3, -0.25) is 0 Å². The van der Waals surface area contributed by atoms with E-state index < -0.39 is 0 Å². The lowest BCUT2D eigenvalue weighted by molar-refractivity contribution is 0.0656. The highest BCUT2D eigenvalue weighted by Crippen LogP contribution is 2.25. The molecule has 1 aliphatic rings. The Morgan fingerprint density at radius 1 is 1.33 bits per heavy atom. The van der Waals surface area contributed by atoms with E-state index in [9.17, 15) is 0 Å². The quantitative estimate of drug-likeness (QED) is 0.647. The molecule has 0 bridgehead atoms. The lowest BCUT2D eigenvalue weighted by atomic mass is 9.98. The van der Waals surface area contributed by atoms with Crippen LogP contribution in [0.15, 0.2) is 18.2 Å². The van der Waals surface area contributed by atoms with Gasteiger partial charge in [0, 0.05) is 24.5 Å². The smallest absolute Gasteiger partial charge is 0.0697 e. The van der Waals surface area contributed by atoms with E-state index in [0.29, 0.717) is 12.5 Å². The van der Waals surface area contributed by atoms with Gasteiger partial charge in [-0.2, -0.15) is 0 Å². The van der Waals surface area contributed by atoms with Crippen LogP contribution in [-0.4, -0.2) is 38.0 Å². The van der Waals surface area contributed by atoms with E-state index in [1.807, 2.05) is 6.07 Å². The van der Waals surface area contributed by atoms with Gasteiger partial charge in [0.15, 0.2) is 0 Å². The summed E-state index contributed by atoms with van der Waals surface area (Å²) in [7, 11) is 0. The Balaban J connectivity index is 2.02. The van der Waals surface area contributed by atoms with Crippen molar-refractivity contribution in [2.75, 3.05) is 43.5 Å². The number of hydrogen-bond acceptors (Lipinski definition) is 4. The standard InChI is InChI=1S/C17H28N2O2/c1-14-11-16(6-7-17(14)18)19-8-4-2-3-5-15(12-19)13-21-10-9-20/h6-7,11,15,20H,2-5,8-10,12-13,18H2,1H3. The molecular weight excluding hydrogens is 264 g/mol. The zero-order valence-corrected chi connectivity index (χ0v) is 13.1. The Bertz CT molecular complexity index is 437. The van der Waals surface area contributed by atoms with Crippen LogP contribution in [0.1, 0.15) is 31.2 Å². The van der Waals surface area contributed by atoms with Gasteiger partial charge >= 0.3 is 0 Å². The SMILES string of the molecule is Cc1cc(N2CCCCCC(COCCO)C2)ccc1N. The molecule has 1 unspecified atom stereocenters. The number of aliphatic hydroxyl groups is 1. The van der Waals surface area contributed by atoms with Crippen molar-refractivity contribution < 1.29 is 9.84 Å². The number of rotatable bonds is 5. The maximum Gasteiger partial charge on any atom is 0.0697 e. The summed E-state index contributed by atoms with van der Waals surface area (Å²) in [6.45, 7) is 5.47. The van der Waals surface area contributed by atoms with Crippen LogP contribution in [0.3, 0.4) is 0 Å². The van der Waals surface area contributed by atoms with Gasteiger partial charge in [-0.25, -0.2) is 0 Å². The molecule has 4 nitrogen and oxygen atoms in total. The molecule has 118 valence electrons. The highest BCUT2D eigenvalue weighted by molar-refractivity contribution is 5.58. The van der Waals surface area contributed by atoms with Crippen LogP contribution >= 0.6 is 0 Å². The molecule has 1 saturated heterocycles. The first kappa shape index (κ1) is 16.1. The molecule has 3 N–H and O–H groups in total. The summed E-state index contributed by atoms with van der Waals surface area (Å²) < 4.78 is 5.55. The zero-order valence-electron chi connectivity index (χ0n) is 13.1. The second-order valence-electron chi connectivity index (χ2n) is 6.00. The molecule has 1 fully saturated rings. The van der Waals surface area contributed by atoms with Crippen molar-refractivity contribution in [2.45, 2.75) is 32.6 Å². The second-order valence-corrected chi connectivity index (χ2v) is 6.00. The van der Waals surface area contributed by atoms with Crippen molar-refractivity contribution in [3.05, 3.63) is 23.8 Å². The highest BCUT2D eigenvalue weighted by Gasteiger charge is 2.18. The third-order valence-corrected chi connectivity index (χ3v) is 4.23. The first-order valence-corrected chi connectivity index (χ1v) is 8.00. The fourth-order valence-electron chi connectivity index (χ4n) is 2.95. The van der Waals surface area contributed by atoms with Crippen molar-refractivity contribution in [1.82, 2.24) is 0 Å². The fourth-order valence-corrected chi connectivity index (χ4v) is 2.95. The number of aryl methyl sites for hydroxylation is 1. The van der Waals surface area contributed by atoms with Gasteiger partial charge in [0.1, 0.15) is 0 Å². The molecule has 21 heavy (non-hydrogen) atoms. The Hall–Kier alpha value is -1.26. The van der Waals surface area contributed by atoms with Crippen molar-refractivity contribution in [1.29, 1.82) is 0 Å². The summed E-state index contributed by atoms with van der Waals surface area (Å²) >= 11 is 0. The van der Waals surface area contributed by atoms with E-state index >= 15 is 0 Å². The van der Waals surface area contributed by atoms with E-state index in [2.05, 4.69) is 24.0 Å². The molecule has 4 heteroatoms. The molecule has 1 aliphatic heterocycles. The molecule has 0 spiro atoms. The minimum Gasteiger partial charge on any atom is -0.399 e.